The molecule has 0 aliphatic carbocycles. The molecule has 1 aromatic heterocycles. The molecule has 140 valence electrons. The lowest BCUT2D eigenvalue weighted by Gasteiger charge is -2.19. The molecule has 8 heteroatoms. The Hall–Kier alpha value is -2.87. The lowest BCUT2D eigenvalue weighted by molar-refractivity contribution is -0.709. The van der Waals surface area contributed by atoms with Crippen molar-refractivity contribution in [2.45, 2.75) is 25.9 Å². The number of benzene rings is 1. The van der Waals surface area contributed by atoms with Crippen LogP contribution in [0.1, 0.15) is 35.8 Å². The highest BCUT2D eigenvalue weighted by Crippen LogP contribution is 2.22. The molecule has 0 unspecified atom stereocenters. The van der Waals surface area contributed by atoms with Gasteiger partial charge in [0.25, 0.3) is 5.56 Å². The summed E-state index contributed by atoms with van der Waals surface area (Å²) in [6, 6.07) is 6.91. The quantitative estimate of drug-likeness (QED) is 0.678. The van der Waals surface area contributed by atoms with Gasteiger partial charge in [-0.3, -0.25) is 18.7 Å². The van der Waals surface area contributed by atoms with Crippen LogP contribution in [-0.2, 0) is 14.1 Å². The molecule has 2 aromatic rings. The number of para-hydroxylation sites is 1. The van der Waals surface area contributed by atoms with E-state index in [1.54, 1.807) is 14.0 Å². The Kier molecular flexibility index (Phi) is 5.66. The fourth-order valence-corrected chi connectivity index (χ4v) is 2.99. The minimum absolute atomic E-state index is 0.0808. The zero-order chi connectivity index (χ0) is 19.6. The number of carbonyl (C=O) groups excluding carboxylic acids is 1. The van der Waals surface area contributed by atoms with Crippen molar-refractivity contribution in [3.63, 3.8) is 0 Å². The van der Waals surface area contributed by atoms with Crippen molar-refractivity contribution in [3.05, 3.63) is 56.2 Å². The molecule has 0 aliphatic heterocycles. The molecule has 0 radical (unpaired) electrons. The van der Waals surface area contributed by atoms with Crippen molar-refractivity contribution in [2.75, 3.05) is 12.8 Å². The van der Waals surface area contributed by atoms with E-state index in [0.717, 1.165) is 20.4 Å². The van der Waals surface area contributed by atoms with Crippen LogP contribution >= 0.6 is 0 Å². The summed E-state index contributed by atoms with van der Waals surface area (Å²) in [7, 11) is 4.35. The molecule has 0 bridgehead atoms. The first-order chi connectivity index (χ1) is 12.2. The summed E-state index contributed by atoms with van der Waals surface area (Å²) in [4.78, 5) is 37.1. The lowest BCUT2D eigenvalue weighted by atomic mass is 10.0. The number of nitrogen functional groups attached to an aromatic ring is 1. The summed E-state index contributed by atoms with van der Waals surface area (Å²) in [5, 5.41) is 1.84. The zero-order valence-electron chi connectivity index (χ0n) is 15.6. The second-order valence-electron chi connectivity index (χ2n) is 6.34. The fraction of sp³-hybridized carbons (Fsp3) is 0.389. The van der Waals surface area contributed by atoms with Crippen LogP contribution in [0.4, 0.5) is 5.82 Å². The summed E-state index contributed by atoms with van der Waals surface area (Å²) in [6.07, 6.45) is 0. The van der Waals surface area contributed by atoms with Gasteiger partial charge in [0.1, 0.15) is 29.2 Å². The molecule has 0 amide bonds. The second-order valence-corrected chi connectivity index (χ2v) is 6.34. The van der Waals surface area contributed by atoms with E-state index in [1.807, 2.05) is 36.5 Å². The van der Waals surface area contributed by atoms with Gasteiger partial charge in [0.05, 0.1) is 12.7 Å². The predicted molar refractivity (Wildman–Crippen MR) is 98.5 cm³/mol. The Morgan fingerprint density at radius 2 is 1.77 bits per heavy atom. The minimum Gasteiger partial charge on any atom is -0.496 e. The third kappa shape index (κ3) is 3.41. The van der Waals surface area contributed by atoms with Crippen LogP contribution in [0, 0.1) is 0 Å². The summed E-state index contributed by atoms with van der Waals surface area (Å²) in [5.41, 5.74) is 5.41. The smallest absolute Gasteiger partial charge is 0.332 e. The number of quaternary nitrogens is 1. The Balaban J connectivity index is 2.34. The average Bonchev–Trinajstić information content (AvgIpc) is 2.64. The van der Waals surface area contributed by atoms with Gasteiger partial charge >= 0.3 is 5.69 Å². The standard InChI is InChI=1S/C18H24N4O4/c1-10(12-8-6-7-9-13(12)26-5)20-11(2)15(23)14-16(19)21(3)18(25)22(4)17(14)24/h6-11,20H,19H2,1-5H3/p+1/t10-,11+/m1/s1. The summed E-state index contributed by atoms with van der Waals surface area (Å²) < 4.78 is 7.35. The number of methoxy groups -OCH3 is 1. The predicted octanol–water partition coefficient (Wildman–Crippen LogP) is -0.429. The lowest BCUT2D eigenvalue weighted by Crippen LogP contribution is -2.91. The van der Waals surface area contributed by atoms with Crippen molar-refractivity contribution in [1.29, 1.82) is 0 Å². The Bertz CT molecular complexity index is 945. The highest BCUT2D eigenvalue weighted by Gasteiger charge is 2.29. The topological polar surface area (TPSA) is 113 Å². The van der Waals surface area contributed by atoms with Crippen molar-refractivity contribution in [1.82, 2.24) is 9.13 Å². The molecule has 1 aromatic carbocycles. The summed E-state index contributed by atoms with van der Waals surface area (Å²) >= 11 is 0. The van der Waals surface area contributed by atoms with Crippen LogP contribution < -0.4 is 27.0 Å². The van der Waals surface area contributed by atoms with Crippen LogP contribution in [0.5, 0.6) is 5.75 Å². The SMILES string of the molecule is COc1ccccc1[C@@H](C)[NH2+][C@@H](C)C(=O)c1c(N)n(C)c(=O)n(C)c1=O. The first-order valence-electron chi connectivity index (χ1n) is 8.28. The van der Waals surface area contributed by atoms with E-state index in [4.69, 9.17) is 10.5 Å². The first kappa shape index (κ1) is 19.5. The molecule has 1 heterocycles. The monoisotopic (exact) mass is 361 g/mol. The van der Waals surface area contributed by atoms with Crippen molar-refractivity contribution in [3.8, 4) is 5.75 Å². The molecule has 0 spiro atoms. The number of carbonyl (C=O) groups is 1. The number of nitrogens with two attached hydrogens (primary N) is 2. The van der Waals surface area contributed by atoms with Gasteiger partial charge in [-0.2, -0.15) is 0 Å². The van der Waals surface area contributed by atoms with Crippen molar-refractivity contribution >= 4 is 11.6 Å². The normalized spacial score (nSPS) is 13.3. The number of hydrogen-bond donors (Lipinski definition) is 2. The molecule has 0 aliphatic rings. The Labute approximate surface area is 151 Å². The Morgan fingerprint density at radius 1 is 1.15 bits per heavy atom. The molecule has 0 saturated heterocycles. The third-order valence-corrected chi connectivity index (χ3v) is 4.58. The molecular weight excluding hydrogens is 336 g/mol. The molecular formula is C18H25N4O4+. The maximum Gasteiger partial charge on any atom is 0.332 e. The Morgan fingerprint density at radius 3 is 2.38 bits per heavy atom. The van der Waals surface area contributed by atoms with Crippen LogP contribution in [0.3, 0.4) is 0 Å². The summed E-state index contributed by atoms with van der Waals surface area (Å²) in [5.74, 6) is 0.196. The average molecular weight is 361 g/mol. The van der Waals surface area contributed by atoms with Gasteiger partial charge in [-0.1, -0.05) is 12.1 Å². The fourth-order valence-electron chi connectivity index (χ4n) is 2.99. The van der Waals surface area contributed by atoms with Gasteiger partial charge in [0.15, 0.2) is 0 Å². The van der Waals surface area contributed by atoms with E-state index in [2.05, 4.69) is 0 Å². The van der Waals surface area contributed by atoms with Crippen LogP contribution in [0.15, 0.2) is 33.9 Å². The minimum atomic E-state index is -0.680. The molecule has 8 nitrogen and oxygen atoms in total. The largest absolute Gasteiger partial charge is 0.496 e. The number of hydrogen-bond acceptors (Lipinski definition) is 5. The molecule has 0 fully saturated rings. The third-order valence-electron chi connectivity index (χ3n) is 4.58. The van der Waals surface area contributed by atoms with Crippen LogP contribution in [-0.4, -0.2) is 28.1 Å². The highest BCUT2D eigenvalue weighted by molar-refractivity contribution is 6.02. The van der Waals surface area contributed by atoms with E-state index in [9.17, 15) is 14.4 Å². The van der Waals surface area contributed by atoms with E-state index in [0.29, 0.717) is 0 Å². The van der Waals surface area contributed by atoms with Crippen molar-refractivity contribution in [2.24, 2.45) is 14.1 Å². The highest BCUT2D eigenvalue weighted by atomic mass is 16.5. The maximum absolute atomic E-state index is 12.9. The summed E-state index contributed by atoms with van der Waals surface area (Å²) in [6.45, 7) is 3.65. The number of ether oxygens (including phenoxy) is 1. The zero-order valence-corrected chi connectivity index (χ0v) is 15.6. The number of nitrogens with zero attached hydrogens (tertiary/aromatic N) is 2. The van der Waals surface area contributed by atoms with E-state index < -0.39 is 23.1 Å². The molecule has 2 rings (SSSR count). The molecule has 4 N–H and O–H groups in total. The van der Waals surface area contributed by atoms with E-state index in [-0.39, 0.29) is 17.4 Å². The maximum atomic E-state index is 12.9. The van der Waals surface area contributed by atoms with Gasteiger partial charge < -0.3 is 15.8 Å². The van der Waals surface area contributed by atoms with Crippen molar-refractivity contribution < 1.29 is 14.8 Å². The number of Topliss-reactive ketones (excluding diaryl/α,β-unsaturated/α-hetero) is 1. The second kappa shape index (κ2) is 7.57. The van der Waals surface area contributed by atoms with E-state index >= 15 is 0 Å². The molecule has 2 atom stereocenters. The number of anilines is 1. The van der Waals surface area contributed by atoms with Gasteiger partial charge in [-0.15, -0.1) is 0 Å². The first-order valence-corrected chi connectivity index (χ1v) is 8.28. The molecule has 26 heavy (non-hydrogen) atoms. The van der Waals surface area contributed by atoms with Crippen LogP contribution in [0.2, 0.25) is 0 Å². The van der Waals surface area contributed by atoms with Gasteiger partial charge in [0.2, 0.25) is 5.78 Å². The van der Waals surface area contributed by atoms with Gasteiger partial charge in [-0.05, 0) is 26.0 Å². The number of rotatable bonds is 6. The van der Waals surface area contributed by atoms with Crippen LogP contribution in [0.25, 0.3) is 0 Å². The number of aromatic nitrogens is 2. The molecule has 0 saturated carbocycles. The number of ketones is 1. The van der Waals surface area contributed by atoms with E-state index in [1.165, 1.54) is 14.1 Å². The van der Waals surface area contributed by atoms with Gasteiger partial charge in [0, 0.05) is 14.1 Å². The van der Waals surface area contributed by atoms with Gasteiger partial charge in [-0.25, -0.2) is 4.79 Å².